The molecular formula is C14H18FN3O. The first-order valence-corrected chi connectivity index (χ1v) is 6.34. The summed E-state index contributed by atoms with van der Waals surface area (Å²) >= 11 is 0. The van der Waals surface area contributed by atoms with Gasteiger partial charge in [-0.25, -0.2) is 4.39 Å². The Hall–Kier alpha value is -1.75. The molecule has 0 atom stereocenters. The zero-order chi connectivity index (χ0) is 13.9. The van der Waals surface area contributed by atoms with Gasteiger partial charge in [-0.15, -0.1) is 0 Å². The van der Waals surface area contributed by atoms with Gasteiger partial charge in [0, 0.05) is 0 Å². The Labute approximate surface area is 112 Å². The molecule has 1 N–H and O–H groups in total. The molecule has 1 aromatic carbocycles. The second kappa shape index (κ2) is 5.48. The summed E-state index contributed by atoms with van der Waals surface area (Å²) in [6, 6.07) is 6.37. The minimum absolute atomic E-state index is 0.250. The van der Waals surface area contributed by atoms with Gasteiger partial charge in [-0.2, -0.15) is 4.98 Å². The van der Waals surface area contributed by atoms with E-state index in [1.54, 1.807) is 12.1 Å². The third-order valence-corrected chi connectivity index (χ3v) is 3.12. The molecule has 0 amide bonds. The van der Waals surface area contributed by atoms with Crippen LogP contribution in [0.25, 0.3) is 0 Å². The molecule has 5 heteroatoms. The number of rotatable bonds is 5. The average molecular weight is 263 g/mol. The van der Waals surface area contributed by atoms with Crippen LogP contribution in [0.3, 0.4) is 0 Å². The van der Waals surface area contributed by atoms with Gasteiger partial charge in [-0.05, 0) is 38.1 Å². The van der Waals surface area contributed by atoms with Crippen molar-refractivity contribution < 1.29 is 8.91 Å². The molecule has 0 saturated carbocycles. The van der Waals surface area contributed by atoms with E-state index in [0.29, 0.717) is 18.3 Å². The van der Waals surface area contributed by atoms with Crippen molar-refractivity contribution in [3.63, 3.8) is 0 Å². The van der Waals surface area contributed by atoms with Crippen LogP contribution in [0.1, 0.15) is 38.0 Å². The van der Waals surface area contributed by atoms with Gasteiger partial charge in [0.05, 0.1) is 12.0 Å². The topological polar surface area (TPSA) is 51.0 Å². The van der Waals surface area contributed by atoms with Crippen molar-refractivity contribution in [1.29, 1.82) is 0 Å². The van der Waals surface area contributed by atoms with Gasteiger partial charge in [-0.3, -0.25) is 0 Å². The molecular weight excluding hydrogens is 245 g/mol. The Morgan fingerprint density at radius 1 is 1.26 bits per heavy atom. The van der Waals surface area contributed by atoms with Gasteiger partial charge in [-0.1, -0.05) is 24.2 Å². The van der Waals surface area contributed by atoms with Crippen molar-refractivity contribution >= 4 is 0 Å². The predicted octanol–water partition coefficient (Wildman–Crippen LogP) is 2.64. The Kier molecular flexibility index (Phi) is 3.95. The summed E-state index contributed by atoms with van der Waals surface area (Å²) in [5.74, 6) is 0.916. The summed E-state index contributed by atoms with van der Waals surface area (Å²) in [6.07, 6.45) is 0. The highest BCUT2D eigenvalue weighted by atomic mass is 19.1. The molecule has 0 aliphatic carbocycles. The van der Waals surface area contributed by atoms with Gasteiger partial charge < -0.3 is 9.84 Å². The second-order valence-corrected chi connectivity index (χ2v) is 4.92. The third kappa shape index (κ3) is 2.98. The van der Waals surface area contributed by atoms with Crippen molar-refractivity contribution in [2.75, 3.05) is 6.54 Å². The number of benzene rings is 1. The number of hydrogen-bond acceptors (Lipinski definition) is 4. The first kappa shape index (κ1) is 13.7. The van der Waals surface area contributed by atoms with E-state index in [-0.39, 0.29) is 5.82 Å². The first-order chi connectivity index (χ1) is 9.04. The highest BCUT2D eigenvalue weighted by Crippen LogP contribution is 2.29. The fourth-order valence-electron chi connectivity index (χ4n) is 1.81. The monoisotopic (exact) mass is 263 g/mol. The molecule has 102 valence electrons. The minimum atomic E-state index is -0.415. The number of hydrogen-bond donors (Lipinski definition) is 1. The molecule has 0 aliphatic rings. The van der Waals surface area contributed by atoms with Crippen molar-refractivity contribution in [2.24, 2.45) is 0 Å². The molecule has 0 fully saturated rings. The van der Waals surface area contributed by atoms with Crippen molar-refractivity contribution in [3.8, 4) is 0 Å². The molecule has 0 saturated heterocycles. The normalized spacial score (nSPS) is 11.8. The molecule has 0 unspecified atom stereocenters. The summed E-state index contributed by atoms with van der Waals surface area (Å²) in [5.41, 5.74) is 0.534. The summed E-state index contributed by atoms with van der Waals surface area (Å²) in [4.78, 5) is 4.38. The number of halogens is 1. The van der Waals surface area contributed by atoms with Gasteiger partial charge in [0.15, 0.2) is 5.82 Å². The summed E-state index contributed by atoms with van der Waals surface area (Å²) in [6.45, 7) is 7.39. The molecule has 1 aromatic heterocycles. The Morgan fingerprint density at radius 2 is 1.95 bits per heavy atom. The van der Waals surface area contributed by atoms with Gasteiger partial charge >= 0.3 is 0 Å². The number of aromatic nitrogens is 2. The zero-order valence-electron chi connectivity index (χ0n) is 11.4. The standard InChI is InChI=1S/C14H18FN3O/c1-4-16-9-12-17-13(18-19-12)14(2,3)10-5-7-11(15)8-6-10/h5-8,16H,4,9H2,1-3H3. The quantitative estimate of drug-likeness (QED) is 0.901. The van der Waals surface area contributed by atoms with Gasteiger partial charge in [0.1, 0.15) is 5.82 Å². The lowest BCUT2D eigenvalue weighted by Crippen LogP contribution is -2.21. The lowest BCUT2D eigenvalue weighted by atomic mass is 9.84. The summed E-state index contributed by atoms with van der Waals surface area (Å²) < 4.78 is 18.2. The van der Waals surface area contributed by atoms with E-state index in [1.807, 2.05) is 20.8 Å². The van der Waals surface area contributed by atoms with Crippen molar-refractivity contribution in [1.82, 2.24) is 15.5 Å². The van der Waals surface area contributed by atoms with Crippen LogP contribution in [0.15, 0.2) is 28.8 Å². The minimum Gasteiger partial charge on any atom is -0.338 e. The van der Waals surface area contributed by atoms with Gasteiger partial charge in [0.2, 0.25) is 5.89 Å². The van der Waals surface area contributed by atoms with Crippen molar-refractivity contribution in [2.45, 2.75) is 32.7 Å². The van der Waals surface area contributed by atoms with Crippen LogP contribution >= 0.6 is 0 Å². The lowest BCUT2D eigenvalue weighted by Gasteiger charge is -2.20. The molecule has 0 spiro atoms. The Morgan fingerprint density at radius 3 is 2.58 bits per heavy atom. The number of nitrogens with one attached hydrogen (secondary N) is 1. The second-order valence-electron chi connectivity index (χ2n) is 4.92. The van der Waals surface area contributed by atoms with Crippen LogP contribution in [0, 0.1) is 5.82 Å². The van der Waals surface area contributed by atoms with E-state index >= 15 is 0 Å². The van der Waals surface area contributed by atoms with Crippen LogP contribution < -0.4 is 5.32 Å². The molecule has 4 nitrogen and oxygen atoms in total. The Balaban J connectivity index is 2.23. The predicted molar refractivity (Wildman–Crippen MR) is 70.2 cm³/mol. The maximum Gasteiger partial charge on any atom is 0.240 e. The van der Waals surface area contributed by atoms with E-state index in [9.17, 15) is 4.39 Å². The van der Waals surface area contributed by atoms with Gasteiger partial charge in [0.25, 0.3) is 0 Å². The summed E-state index contributed by atoms with van der Waals surface area (Å²) in [5, 5.41) is 7.15. The highest BCUT2D eigenvalue weighted by Gasteiger charge is 2.28. The van der Waals surface area contributed by atoms with E-state index < -0.39 is 5.41 Å². The maximum atomic E-state index is 13.0. The zero-order valence-corrected chi connectivity index (χ0v) is 11.4. The van der Waals surface area contributed by atoms with Crippen molar-refractivity contribution in [3.05, 3.63) is 47.4 Å². The lowest BCUT2D eigenvalue weighted by molar-refractivity contribution is 0.358. The van der Waals surface area contributed by atoms with E-state index in [4.69, 9.17) is 4.52 Å². The largest absolute Gasteiger partial charge is 0.338 e. The van der Waals surface area contributed by atoms with E-state index in [0.717, 1.165) is 12.1 Å². The molecule has 2 rings (SSSR count). The van der Waals surface area contributed by atoms with Crippen LogP contribution in [0.4, 0.5) is 4.39 Å². The van der Waals surface area contributed by atoms with Crippen LogP contribution in [0.5, 0.6) is 0 Å². The van der Waals surface area contributed by atoms with Crippen LogP contribution in [-0.4, -0.2) is 16.7 Å². The van der Waals surface area contributed by atoms with Crippen LogP contribution in [-0.2, 0) is 12.0 Å². The summed E-state index contributed by atoms with van der Waals surface area (Å²) in [7, 11) is 0. The molecule has 0 radical (unpaired) electrons. The first-order valence-electron chi connectivity index (χ1n) is 6.34. The molecule has 19 heavy (non-hydrogen) atoms. The average Bonchev–Trinajstić information content (AvgIpc) is 2.86. The van der Waals surface area contributed by atoms with E-state index in [1.165, 1.54) is 12.1 Å². The number of nitrogens with zero attached hydrogens (tertiary/aromatic N) is 2. The Bertz CT molecular complexity index is 534. The molecule has 2 aromatic rings. The fraction of sp³-hybridized carbons (Fsp3) is 0.429. The van der Waals surface area contributed by atoms with E-state index in [2.05, 4.69) is 15.5 Å². The smallest absolute Gasteiger partial charge is 0.240 e. The molecule has 0 aliphatic heterocycles. The van der Waals surface area contributed by atoms with Crippen LogP contribution in [0.2, 0.25) is 0 Å². The molecule has 1 heterocycles. The SMILES string of the molecule is CCNCc1nc(C(C)(C)c2ccc(F)cc2)no1. The third-order valence-electron chi connectivity index (χ3n) is 3.12. The maximum absolute atomic E-state index is 13.0. The molecule has 0 bridgehead atoms. The fourth-order valence-corrected chi connectivity index (χ4v) is 1.81. The highest BCUT2D eigenvalue weighted by molar-refractivity contribution is 5.30.